The summed E-state index contributed by atoms with van der Waals surface area (Å²) < 4.78 is 90.5. The predicted molar refractivity (Wildman–Crippen MR) is 97.5 cm³/mol. The minimum atomic E-state index is -4.84. The summed E-state index contributed by atoms with van der Waals surface area (Å²) in [5.41, 5.74) is -2.74. The van der Waals surface area contributed by atoms with Gasteiger partial charge in [-0.25, -0.2) is 0 Å². The van der Waals surface area contributed by atoms with Crippen molar-refractivity contribution in [2.75, 3.05) is 0 Å². The van der Waals surface area contributed by atoms with Crippen molar-refractivity contribution in [2.45, 2.75) is 45.6 Å². The number of alkyl halides is 6. The lowest BCUT2D eigenvalue weighted by molar-refractivity contribution is -0.141. The summed E-state index contributed by atoms with van der Waals surface area (Å²) in [6, 6.07) is 4.57. The molecule has 0 radical (unpaired) electrons. The lowest BCUT2D eigenvalue weighted by atomic mass is 10.1. The zero-order valence-electron chi connectivity index (χ0n) is 15.9. The molecule has 2 rings (SSSR count). The molecule has 0 aliphatic heterocycles. The summed E-state index contributed by atoms with van der Waals surface area (Å²) >= 11 is 5.96. The van der Waals surface area contributed by atoms with E-state index < -0.39 is 53.1 Å². The van der Waals surface area contributed by atoms with E-state index in [4.69, 9.17) is 21.1 Å². The molecule has 0 saturated carbocycles. The first kappa shape index (κ1) is 23.9. The molecular weight excluding hydrogens is 438 g/mol. The Morgan fingerprint density at radius 1 is 0.967 bits per heavy atom. The Morgan fingerprint density at radius 3 is 2.13 bits per heavy atom. The van der Waals surface area contributed by atoms with Crippen molar-refractivity contribution in [1.82, 2.24) is 0 Å². The second kappa shape index (κ2) is 9.16. The van der Waals surface area contributed by atoms with Gasteiger partial charge < -0.3 is 9.47 Å². The Labute approximate surface area is 173 Å². The molecule has 0 atom stereocenters. The van der Waals surface area contributed by atoms with Crippen LogP contribution in [0.25, 0.3) is 0 Å². The SMILES string of the molecule is CCC(=O)Oc1cccc(C(F)(F)F)c1COc1cc(Cl)c(CC)cc1C(F)(F)F. The highest BCUT2D eigenvalue weighted by molar-refractivity contribution is 6.31. The second-order valence-corrected chi connectivity index (χ2v) is 6.59. The number of carbonyl (C=O) groups excluding carboxylic acids is 1. The van der Waals surface area contributed by atoms with Crippen LogP contribution in [0.1, 0.15) is 42.5 Å². The normalized spacial score (nSPS) is 12.0. The Morgan fingerprint density at radius 2 is 1.60 bits per heavy atom. The van der Waals surface area contributed by atoms with Gasteiger partial charge in [0.1, 0.15) is 18.1 Å². The van der Waals surface area contributed by atoms with Gasteiger partial charge >= 0.3 is 18.3 Å². The monoisotopic (exact) mass is 454 g/mol. The van der Waals surface area contributed by atoms with Gasteiger partial charge in [0.2, 0.25) is 0 Å². The number of aryl methyl sites for hydroxylation is 1. The molecule has 0 N–H and O–H groups in total. The number of benzene rings is 2. The third-order valence-electron chi connectivity index (χ3n) is 4.16. The highest BCUT2D eigenvalue weighted by Gasteiger charge is 2.37. The minimum absolute atomic E-state index is 0.0118. The molecule has 0 unspecified atom stereocenters. The fraction of sp³-hybridized carbons (Fsp3) is 0.350. The van der Waals surface area contributed by atoms with Crippen LogP contribution in [0, 0.1) is 0 Å². The number of hydrogen-bond acceptors (Lipinski definition) is 3. The van der Waals surface area contributed by atoms with Gasteiger partial charge in [-0.3, -0.25) is 4.79 Å². The summed E-state index contributed by atoms with van der Waals surface area (Å²) in [6.45, 7) is 2.13. The predicted octanol–water partition coefficient (Wildman–Crippen LogP) is 6.83. The van der Waals surface area contributed by atoms with E-state index in [0.29, 0.717) is 0 Å². The highest BCUT2D eigenvalue weighted by atomic mass is 35.5. The van der Waals surface area contributed by atoms with Crippen molar-refractivity contribution in [3.8, 4) is 11.5 Å². The van der Waals surface area contributed by atoms with Gasteiger partial charge in [0.25, 0.3) is 0 Å². The van der Waals surface area contributed by atoms with Crippen LogP contribution in [0.3, 0.4) is 0 Å². The van der Waals surface area contributed by atoms with E-state index in [-0.39, 0.29) is 23.4 Å². The van der Waals surface area contributed by atoms with Crippen LogP contribution < -0.4 is 9.47 Å². The van der Waals surface area contributed by atoms with E-state index in [1.807, 2.05) is 0 Å². The van der Waals surface area contributed by atoms with E-state index in [9.17, 15) is 31.1 Å². The number of hydrogen-bond donors (Lipinski definition) is 0. The fourth-order valence-corrected chi connectivity index (χ4v) is 2.92. The summed E-state index contributed by atoms with van der Waals surface area (Å²) in [5.74, 6) is -1.97. The largest absolute Gasteiger partial charge is 0.488 e. The lowest BCUT2D eigenvalue weighted by Crippen LogP contribution is -2.16. The Bertz CT molecular complexity index is 922. The number of esters is 1. The second-order valence-electron chi connectivity index (χ2n) is 6.19. The van der Waals surface area contributed by atoms with Crippen LogP contribution in [0.4, 0.5) is 26.3 Å². The van der Waals surface area contributed by atoms with Gasteiger partial charge in [0.15, 0.2) is 0 Å². The molecule has 0 aliphatic carbocycles. The van der Waals surface area contributed by atoms with Gasteiger partial charge in [0, 0.05) is 17.0 Å². The maximum absolute atomic E-state index is 13.4. The molecule has 3 nitrogen and oxygen atoms in total. The van der Waals surface area contributed by atoms with Crippen molar-refractivity contribution in [3.63, 3.8) is 0 Å². The quantitative estimate of drug-likeness (QED) is 0.272. The van der Waals surface area contributed by atoms with E-state index in [1.165, 1.54) is 6.92 Å². The van der Waals surface area contributed by atoms with E-state index in [1.54, 1.807) is 6.92 Å². The molecule has 0 bridgehead atoms. The third-order valence-corrected chi connectivity index (χ3v) is 4.51. The van der Waals surface area contributed by atoms with Crippen LogP contribution in [0.2, 0.25) is 5.02 Å². The molecule has 2 aromatic carbocycles. The van der Waals surface area contributed by atoms with Crippen LogP contribution in [-0.4, -0.2) is 5.97 Å². The summed E-state index contributed by atoms with van der Waals surface area (Å²) in [5, 5.41) is -0.0118. The van der Waals surface area contributed by atoms with Crippen LogP contribution in [0.15, 0.2) is 30.3 Å². The van der Waals surface area contributed by atoms with Crippen molar-refractivity contribution >= 4 is 17.6 Å². The molecule has 0 aromatic heterocycles. The summed E-state index contributed by atoms with van der Waals surface area (Å²) in [4.78, 5) is 11.6. The molecule has 0 heterocycles. The smallest absolute Gasteiger partial charge is 0.419 e. The molecule has 10 heteroatoms. The van der Waals surface area contributed by atoms with Gasteiger partial charge in [-0.2, -0.15) is 26.3 Å². The Balaban J connectivity index is 2.51. The van der Waals surface area contributed by atoms with Gasteiger partial charge in [-0.05, 0) is 36.2 Å². The molecule has 30 heavy (non-hydrogen) atoms. The maximum Gasteiger partial charge on any atom is 0.419 e. The Kier molecular flexibility index (Phi) is 7.28. The van der Waals surface area contributed by atoms with Crippen molar-refractivity contribution in [3.05, 3.63) is 57.6 Å². The molecule has 0 spiro atoms. The molecular formula is C20H17ClF6O3. The molecule has 164 valence electrons. The van der Waals surface area contributed by atoms with Crippen molar-refractivity contribution in [2.24, 2.45) is 0 Å². The Hall–Kier alpha value is -2.42. The summed E-state index contributed by atoms with van der Waals surface area (Å²) in [6.07, 6.45) is -9.55. The third kappa shape index (κ3) is 5.59. The topological polar surface area (TPSA) is 35.5 Å². The van der Waals surface area contributed by atoms with Crippen LogP contribution >= 0.6 is 11.6 Å². The molecule has 0 amide bonds. The molecule has 0 aliphatic rings. The van der Waals surface area contributed by atoms with Gasteiger partial charge in [0.05, 0.1) is 11.1 Å². The number of carbonyl (C=O) groups is 1. The molecule has 0 saturated heterocycles. The van der Waals surface area contributed by atoms with E-state index in [0.717, 1.165) is 30.3 Å². The summed E-state index contributed by atoms with van der Waals surface area (Å²) in [7, 11) is 0. The molecule has 0 fully saturated rings. The average Bonchev–Trinajstić information content (AvgIpc) is 2.64. The van der Waals surface area contributed by atoms with Crippen LogP contribution in [0.5, 0.6) is 11.5 Å². The first-order chi connectivity index (χ1) is 13.9. The number of ether oxygens (including phenoxy) is 2. The van der Waals surface area contributed by atoms with E-state index in [2.05, 4.69) is 0 Å². The molecule has 2 aromatic rings. The van der Waals surface area contributed by atoms with Gasteiger partial charge in [-0.1, -0.05) is 31.5 Å². The first-order valence-corrected chi connectivity index (χ1v) is 9.18. The standard InChI is InChI=1S/C20H17ClF6O3/c1-3-11-8-14(20(25,26)27)17(9-15(11)21)29-10-12-13(19(22,23)24)6-5-7-16(12)30-18(28)4-2/h5-9H,3-4,10H2,1-2H3. The van der Waals surface area contributed by atoms with E-state index >= 15 is 0 Å². The van der Waals surface area contributed by atoms with Crippen molar-refractivity contribution < 1.29 is 40.6 Å². The fourth-order valence-electron chi connectivity index (χ4n) is 2.63. The average molecular weight is 455 g/mol. The zero-order chi connectivity index (χ0) is 22.7. The number of halogens is 7. The highest BCUT2D eigenvalue weighted by Crippen LogP contribution is 2.41. The maximum atomic E-state index is 13.4. The van der Waals surface area contributed by atoms with Crippen LogP contribution in [-0.2, 0) is 30.2 Å². The zero-order valence-corrected chi connectivity index (χ0v) is 16.6. The van der Waals surface area contributed by atoms with Gasteiger partial charge in [-0.15, -0.1) is 0 Å². The van der Waals surface area contributed by atoms with Crippen molar-refractivity contribution in [1.29, 1.82) is 0 Å². The minimum Gasteiger partial charge on any atom is -0.488 e. The lowest BCUT2D eigenvalue weighted by Gasteiger charge is -2.19. The number of rotatable bonds is 6. The first-order valence-electron chi connectivity index (χ1n) is 8.80.